The van der Waals surface area contributed by atoms with Crippen molar-refractivity contribution in [2.45, 2.75) is 90.8 Å². The molecule has 4 atom stereocenters. The first-order valence-electron chi connectivity index (χ1n) is 23.9. The van der Waals surface area contributed by atoms with Gasteiger partial charge in [0.2, 0.25) is 18.1 Å². The molecule has 24 nitrogen and oxygen atoms in total. The van der Waals surface area contributed by atoms with Gasteiger partial charge in [0.1, 0.15) is 41.3 Å². The second-order valence-corrected chi connectivity index (χ2v) is 20.0. The van der Waals surface area contributed by atoms with Crippen LogP contribution in [-0.4, -0.2) is 154 Å². The van der Waals surface area contributed by atoms with Gasteiger partial charge in [0.15, 0.2) is 12.2 Å². The number of aliphatic hydroxyl groups excluding tert-OH is 1. The highest BCUT2D eigenvalue weighted by Gasteiger charge is 2.38. The van der Waals surface area contributed by atoms with Crippen molar-refractivity contribution in [3.63, 3.8) is 0 Å². The van der Waals surface area contributed by atoms with E-state index in [4.69, 9.17) is 28.7 Å². The van der Waals surface area contributed by atoms with E-state index < -0.39 is 114 Å². The maximum atomic E-state index is 14.1. The van der Waals surface area contributed by atoms with Crippen molar-refractivity contribution in [2.24, 2.45) is 0 Å². The summed E-state index contributed by atoms with van der Waals surface area (Å²) in [6, 6.07) is 10.5. The number of likely N-dealkylation sites (N-methyl/N-ethyl adjacent to an activating group) is 1. The molecular weight excluding hydrogens is 1000 g/mol. The van der Waals surface area contributed by atoms with Gasteiger partial charge in [-0.25, -0.2) is 27.8 Å². The minimum atomic E-state index is -3.69. The van der Waals surface area contributed by atoms with Crippen molar-refractivity contribution >= 4 is 68.1 Å². The number of sulfone groups is 1. The van der Waals surface area contributed by atoms with Crippen LogP contribution in [0.2, 0.25) is 0 Å². The Morgan fingerprint density at radius 2 is 1.72 bits per heavy atom. The lowest BCUT2D eigenvalue weighted by atomic mass is 9.97. The number of phenols is 1. The SMILES string of the molecule is CC.CCc1c2c(nc3ccc(O)cc13)-c1cc3c(c(=O)n1C2)COC(=O)C3OCN(CCS(C)(=O)=O)C(=O)OCc1ccc(OC2CC(O)CC(C(=O)O)O2)c(NC(=O)CN(C)C(=O)CCN2C(=O)C=CC2=O)c1. The van der Waals surface area contributed by atoms with Crippen molar-refractivity contribution in [1.82, 2.24) is 24.3 Å². The van der Waals surface area contributed by atoms with E-state index in [1.807, 2.05) is 20.8 Å². The van der Waals surface area contributed by atoms with E-state index >= 15 is 0 Å². The van der Waals surface area contributed by atoms with E-state index in [9.17, 15) is 62.1 Å². The van der Waals surface area contributed by atoms with Crippen molar-refractivity contribution in [3.8, 4) is 22.9 Å². The fourth-order valence-electron chi connectivity index (χ4n) is 8.78. The van der Waals surface area contributed by atoms with Crippen molar-refractivity contribution in [3.05, 3.63) is 92.8 Å². The monoisotopic (exact) mass is 1060 g/mol. The fraction of sp³-hybridized carbons (Fsp3) is 0.420. The highest BCUT2D eigenvalue weighted by atomic mass is 32.2. The Labute approximate surface area is 429 Å². The number of rotatable bonds is 18. The molecule has 0 spiro atoms. The van der Waals surface area contributed by atoms with Crippen LogP contribution in [0.15, 0.2) is 59.4 Å². The molecule has 25 heteroatoms. The molecule has 75 heavy (non-hydrogen) atoms. The molecule has 1 saturated heterocycles. The number of carboxylic acids is 1. The predicted molar refractivity (Wildman–Crippen MR) is 263 cm³/mol. The number of hydrogen-bond donors (Lipinski definition) is 4. The average Bonchev–Trinajstić information content (AvgIpc) is 3.90. The van der Waals surface area contributed by atoms with Gasteiger partial charge in [-0.1, -0.05) is 26.8 Å². The van der Waals surface area contributed by atoms with Gasteiger partial charge >= 0.3 is 18.0 Å². The van der Waals surface area contributed by atoms with Crippen LogP contribution in [0.25, 0.3) is 22.3 Å². The number of carbonyl (C=O) groups excluding carboxylic acids is 6. The smallest absolute Gasteiger partial charge is 0.411 e. The molecule has 4 unspecified atom stereocenters. The molecule has 0 radical (unpaired) electrons. The Bertz CT molecular complexity index is 3140. The topological polar surface area (TPSA) is 317 Å². The van der Waals surface area contributed by atoms with E-state index in [0.29, 0.717) is 23.3 Å². The van der Waals surface area contributed by atoms with Crippen molar-refractivity contribution < 1.29 is 81.0 Å². The number of carboxylic acid groups (broad SMARTS) is 1. The fourth-order valence-corrected chi connectivity index (χ4v) is 9.33. The van der Waals surface area contributed by atoms with Gasteiger partial charge in [0, 0.05) is 74.3 Å². The van der Waals surface area contributed by atoms with E-state index in [-0.39, 0.29) is 72.8 Å². The molecule has 4 aliphatic heterocycles. The summed E-state index contributed by atoms with van der Waals surface area (Å²) in [5.41, 5.74) is 3.11. The van der Waals surface area contributed by atoms with Gasteiger partial charge < -0.3 is 53.8 Å². The summed E-state index contributed by atoms with van der Waals surface area (Å²) in [7, 11) is -2.37. The lowest BCUT2D eigenvalue weighted by Crippen LogP contribution is -2.42. The summed E-state index contributed by atoms with van der Waals surface area (Å²) in [6.45, 7) is 3.29. The number of cyclic esters (lactones) is 1. The van der Waals surface area contributed by atoms with Gasteiger partial charge in [-0.2, -0.15) is 0 Å². The zero-order chi connectivity index (χ0) is 54.5. The van der Waals surface area contributed by atoms with Crippen LogP contribution in [0.1, 0.15) is 74.0 Å². The molecule has 400 valence electrons. The highest BCUT2D eigenvalue weighted by molar-refractivity contribution is 7.90. The second-order valence-electron chi connectivity index (χ2n) is 17.7. The zero-order valence-electron chi connectivity index (χ0n) is 41.6. The van der Waals surface area contributed by atoms with E-state index in [1.54, 1.807) is 18.2 Å². The molecule has 2 aromatic carbocycles. The first kappa shape index (κ1) is 55.0. The molecular formula is C50H56N6O18S. The third kappa shape index (κ3) is 12.6. The van der Waals surface area contributed by atoms with Crippen LogP contribution >= 0.6 is 0 Å². The van der Waals surface area contributed by atoms with Gasteiger partial charge in [-0.15, -0.1) is 0 Å². The third-order valence-corrected chi connectivity index (χ3v) is 13.4. The number of hydrogen-bond acceptors (Lipinski definition) is 18. The number of pyridine rings is 2. The second kappa shape index (κ2) is 23.2. The van der Waals surface area contributed by atoms with E-state index in [1.165, 1.54) is 35.9 Å². The zero-order valence-corrected chi connectivity index (χ0v) is 42.4. The number of esters is 1. The van der Waals surface area contributed by atoms with Crippen molar-refractivity contribution in [2.75, 3.05) is 50.7 Å². The van der Waals surface area contributed by atoms with Crippen LogP contribution in [0.3, 0.4) is 0 Å². The summed E-state index contributed by atoms with van der Waals surface area (Å²) in [6.07, 6.45) is -3.44. The van der Waals surface area contributed by atoms with Crippen molar-refractivity contribution in [1.29, 1.82) is 0 Å². The van der Waals surface area contributed by atoms with Crippen LogP contribution < -0.4 is 15.6 Å². The van der Waals surface area contributed by atoms with Gasteiger partial charge in [0.25, 0.3) is 17.4 Å². The number of imide groups is 1. The number of aliphatic carboxylic acids is 1. The first-order valence-corrected chi connectivity index (χ1v) is 26.0. The lowest BCUT2D eigenvalue weighted by Gasteiger charge is -2.31. The Balaban J connectivity index is 0.00000405. The average molecular weight is 1060 g/mol. The maximum Gasteiger partial charge on any atom is 0.411 e. The summed E-state index contributed by atoms with van der Waals surface area (Å²) >= 11 is 0. The largest absolute Gasteiger partial charge is 0.508 e. The van der Waals surface area contributed by atoms with Gasteiger partial charge in [-0.05, 0) is 53.9 Å². The summed E-state index contributed by atoms with van der Waals surface area (Å²) in [5, 5.41) is 33.5. The number of aromatic hydroxyl groups is 1. The minimum Gasteiger partial charge on any atom is -0.508 e. The van der Waals surface area contributed by atoms with Gasteiger partial charge in [-0.3, -0.25) is 33.8 Å². The Kier molecular flexibility index (Phi) is 17.0. The lowest BCUT2D eigenvalue weighted by molar-refractivity contribution is -0.195. The number of nitrogens with one attached hydrogen (secondary N) is 1. The molecule has 0 aliphatic carbocycles. The molecule has 0 saturated carbocycles. The summed E-state index contributed by atoms with van der Waals surface area (Å²) in [5.74, 6) is -5.30. The molecule has 2 aromatic heterocycles. The third-order valence-electron chi connectivity index (χ3n) is 12.5. The quantitative estimate of drug-likeness (QED) is 0.0556. The normalized spacial score (nSPS) is 18.5. The Hall–Kier alpha value is -7.74. The Morgan fingerprint density at radius 3 is 2.41 bits per heavy atom. The number of aromatic nitrogens is 2. The maximum absolute atomic E-state index is 14.1. The molecule has 8 rings (SSSR count). The summed E-state index contributed by atoms with van der Waals surface area (Å²) < 4.78 is 54.6. The van der Waals surface area contributed by atoms with Crippen LogP contribution in [0.4, 0.5) is 10.5 Å². The number of aliphatic hydroxyl groups is 1. The molecule has 0 bridgehead atoms. The number of carbonyl (C=O) groups is 7. The molecule has 6 heterocycles. The Morgan fingerprint density at radius 1 is 0.987 bits per heavy atom. The van der Waals surface area contributed by atoms with Crippen LogP contribution in [-0.2, 0) is 83.7 Å². The first-order chi connectivity index (χ1) is 35.7. The number of amides is 5. The molecule has 1 fully saturated rings. The predicted octanol–water partition coefficient (Wildman–Crippen LogP) is 2.52. The number of aryl methyl sites for hydroxylation is 1. The number of anilines is 1. The van der Waals surface area contributed by atoms with Gasteiger partial charge in [0.05, 0.1) is 53.1 Å². The number of ether oxygens (including phenoxy) is 5. The molecule has 4 aromatic rings. The molecule has 5 amide bonds. The van der Waals surface area contributed by atoms with Crippen LogP contribution in [0.5, 0.6) is 11.5 Å². The molecule has 4 aliphatic rings. The number of nitrogens with zero attached hydrogens (tertiary/aromatic N) is 5. The number of benzene rings is 2. The summed E-state index contributed by atoms with van der Waals surface area (Å²) in [4.78, 5) is 111. The highest BCUT2D eigenvalue weighted by Crippen LogP contribution is 2.39. The number of fused-ring (bicyclic) bond motifs is 5. The minimum absolute atomic E-state index is 0.0573. The van der Waals surface area contributed by atoms with Crippen LogP contribution in [0, 0.1) is 0 Å². The number of phenolic OH excluding ortho intramolecular Hbond substituents is 1. The molecule has 4 N–H and O–H groups in total. The van der Waals surface area contributed by atoms with E-state index in [2.05, 4.69) is 5.32 Å². The standard InChI is InChI=1S/C48H50N6O18S.C2H6/c1-4-28-29-16-26(55)6-7-33(29)50-43-31(28)20-54-35(43)19-30-32(45(54)61)23-68-47(64)44(30)70-24-52(13-14-73(3,66)67)48(65)69-22-25-5-8-36(71-42-18-27(56)17-37(72-42)46(62)63)34(15-25)49-38(57)21-51(2)39(58)11-12-53-40(59)9-10-41(53)60;1-2/h5-10,15-16,19,27,37,42,44,55-56H,4,11-14,17-18,20-24H2,1-3H3,(H,49,57)(H,62,63);1-2H3. The van der Waals surface area contributed by atoms with E-state index in [0.717, 1.165) is 49.6 Å².